The van der Waals surface area contributed by atoms with Gasteiger partial charge in [0.2, 0.25) is 10.4 Å². The summed E-state index contributed by atoms with van der Waals surface area (Å²) >= 11 is 3.38. The number of fused-ring (bicyclic) bond motifs is 1. The Labute approximate surface area is 141 Å². The summed E-state index contributed by atoms with van der Waals surface area (Å²) < 4.78 is 32.9. The van der Waals surface area contributed by atoms with Gasteiger partial charge in [-0.2, -0.15) is 0 Å². The molecule has 0 aliphatic heterocycles. The molecule has 126 valence electrons. The minimum atomic E-state index is -4.42. The Balaban J connectivity index is 0.000000322. The Hall–Kier alpha value is -1.62. The molecule has 0 atom stereocenters. The predicted molar refractivity (Wildman–Crippen MR) is 85.6 cm³/mol. The second-order valence-corrected chi connectivity index (χ2v) is 6.17. The van der Waals surface area contributed by atoms with Gasteiger partial charge in [-0.05, 0) is 35.0 Å². The first-order chi connectivity index (χ1) is 10.7. The Morgan fingerprint density at radius 3 is 2.35 bits per heavy atom. The lowest BCUT2D eigenvalue weighted by Gasteiger charge is -2.02. The summed E-state index contributed by atoms with van der Waals surface area (Å²) in [6, 6.07) is 7.03. The van der Waals surface area contributed by atoms with Crippen LogP contribution < -0.4 is 4.98 Å². The van der Waals surface area contributed by atoms with Crippen molar-refractivity contribution in [3.05, 3.63) is 44.5 Å². The highest BCUT2D eigenvalue weighted by molar-refractivity contribution is 9.10. The summed E-state index contributed by atoms with van der Waals surface area (Å²) in [5, 5.41) is 11.7. The number of rotatable bonds is 4. The molecule has 0 spiro atoms. The molecule has 0 fully saturated rings. The molecule has 8 nitrogen and oxygen atoms in total. The number of nitrogens with zero attached hydrogens (tertiary/aromatic N) is 1. The fourth-order valence-corrected chi connectivity index (χ4v) is 2.52. The number of nitro benzene ring substituents is 1. The van der Waals surface area contributed by atoms with E-state index >= 15 is 0 Å². The van der Waals surface area contributed by atoms with Crippen LogP contribution in [0.3, 0.4) is 0 Å². The lowest BCUT2D eigenvalue weighted by Crippen LogP contribution is -2.12. The average Bonchev–Trinajstić information content (AvgIpc) is 2.46. The maximum absolute atomic E-state index is 10.9. The topological polar surface area (TPSA) is 124 Å². The third-order valence-electron chi connectivity index (χ3n) is 2.75. The van der Waals surface area contributed by atoms with Crippen LogP contribution in [-0.4, -0.2) is 24.5 Å². The van der Waals surface area contributed by atoms with Crippen molar-refractivity contribution >= 4 is 42.9 Å². The van der Waals surface area contributed by atoms with Crippen LogP contribution in [0.5, 0.6) is 0 Å². The molecule has 23 heavy (non-hydrogen) atoms. The molecule has 0 aliphatic carbocycles. The summed E-state index contributed by atoms with van der Waals surface area (Å²) in [6.45, 7) is 3.34. The van der Waals surface area contributed by atoms with Gasteiger partial charge in [0.15, 0.2) is 5.69 Å². The molecule has 0 saturated heterocycles. The first kappa shape index (κ1) is 19.4. The number of pyridine rings is 1. The molecular weight excluding hydrogens is 392 g/mol. The number of aromatic amines is 1. The number of hydrogen-bond acceptors (Lipinski definition) is 6. The van der Waals surface area contributed by atoms with Crippen LogP contribution in [0.25, 0.3) is 10.9 Å². The van der Waals surface area contributed by atoms with E-state index in [1.54, 1.807) is 6.07 Å². The van der Waals surface area contributed by atoms with Crippen molar-refractivity contribution in [1.29, 1.82) is 0 Å². The van der Waals surface area contributed by atoms with Gasteiger partial charge in [-0.1, -0.05) is 6.92 Å². The molecule has 0 saturated carbocycles. The van der Waals surface area contributed by atoms with Gasteiger partial charge in [-0.15, -0.1) is 0 Å². The van der Waals surface area contributed by atoms with Crippen molar-refractivity contribution in [2.24, 2.45) is 0 Å². The van der Waals surface area contributed by atoms with Gasteiger partial charge in [0.25, 0.3) is 5.52 Å². The van der Waals surface area contributed by atoms with Crippen molar-refractivity contribution < 1.29 is 27.1 Å². The number of aromatic nitrogens is 1. The van der Waals surface area contributed by atoms with E-state index in [2.05, 4.69) is 25.1 Å². The largest absolute Gasteiger partial charge is 0.726 e. The van der Waals surface area contributed by atoms with Crippen molar-refractivity contribution in [2.75, 3.05) is 6.61 Å². The molecule has 2 aromatic rings. The van der Waals surface area contributed by atoms with E-state index in [-0.39, 0.29) is 17.2 Å². The highest BCUT2D eigenvalue weighted by atomic mass is 79.9. The maximum atomic E-state index is 10.9. The van der Waals surface area contributed by atoms with Crippen molar-refractivity contribution in [2.45, 2.75) is 20.3 Å². The molecule has 0 aliphatic rings. The Morgan fingerprint density at radius 1 is 1.26 bits per heavy atom. The van der Waals surface area contributed by atoms with Crippen molar-refractivity contribution in [3.8, 4) is 0 Å². The van der Waals surface area contributed by atoms with Crippen LogP contribution in [0.1, 0.15) is 19.5 Å². The second-order valence-electron chi connectivity index (χ2n) is 4.26. The van der Waals surface area contributed by atoms with Gasteiger partial charge >= 0.3 is 5.69 Å². The van der Waals surface area contributed by atoms with Gasteiger partial charge in [0.05, 0.1) is 16.9 Å². The minimum Gasteiger partial charge on any atom is -0.726 e. The summed E-state index contributed by atoms with van der Waals surface area (Å²) in [5.41, 5.74) is 1.65. The number of aryl methyl sites for hydroxylation is 1. The first-order valence-corrected chi connectivity index (χ1v) is 8.70. The van der Waals surface area contributed by atoms with Gasteiger partial charge < -0.3 is 4.55 Å². The molecular formula is C13H15BrN2O6S. The molecule has 0 amide bonds. The Bertz CT molecular complexity index is 809. The van der Waals surface area contributed by atoms with E-state index in [9.17, 15) is 23.1 Å². The normalized spacial score (nSPS) is 11.0. The number of halogens is 1. The van der Waals surface area contributed by atoms with E-state index in [1.165, 1.54) is 13.0 Å². The maximum Gasteiger partial charge on any atom is 0.340 e. The standard InChI is InChI=1S/C11H9BrN2O2.C2H6O4S/c1-2-7-3-4-8-9(12)5-6-10(14(15)16)11(8)13-7;1-2-6-7(3,4)5/h3-6H,2H2,1H3;2H2,1H3,(H,3,4,5). The average molecular weight is 407 g/mol. The molecule has 1 heterocycles. The summed E-state index contributed by atoms with van der Waals surface area (Å²) in [5.74, 6) is 0. The number of nitro groups is 1. The molecule has 2 rings (SSSR count). The van der Waals surface area contributed by atoms with Gasteiger partial charge in [0, 0.05) is 23.0 Å². The molecule has 0 bridgehead atoms. The zero-order chi connectivity index (χ0) is 17.6. The first-order valence-electron chi connectivity index (χ1n) is 6.57. The number of H-pyrrole nitrogens is 1. The molecule has 10 heteroatoms. The number of nitrogens with one attached hydrogen (secondary N) is 1. The van der Waals surface area contributed by atoms with Crippen molar-refractivity contribution in [1.82, 2.24) is 0 Å². The number of non-ortho nitro benzene ring substituents is 1. The predicted octanol–water partition coefficient (Wildman–Crippen LogP) is 2.37. The zero-order valence-corrected chi connectivity index (χ0v) is 14.8. The zero-order valence-electron chi connectivity index (χ0n) is 12.4. The van der Waals surface area contributed by atoms with Gasteiger partial charge in [0.1, 0.15) is 0 Å². The van der Waals surface area contributed by atoms with Gasteiger partial charge in [-0.25, -0.2) is 13.4 Å². The lowest BCUT2D eigenvalue weighted by atomic mass is 10.1. The SMILES string of the molecule is CCOS(=O)(=O)[O-].CCc1ccc2c(Br)ccc([N+](=O)[O-])c2[nH+]1. The molecule has 0 unspecified atom stereocenters. The molecule has 1 aromatic carbocycles. The van der Waals surface area contributed by atoms with Crippen LogP contribution in [0.2, 0.25) is 0 Å². The fraction of sp³-hybridized carbons (Fsp3) is 0.308. The highest BCUT2D eigenvalue weighted by Crippen LogP contribution is 2.28. The molecule has 1 N–H and O–H groups in total. The lowest BCUT2D eigenvalue weighted by molar-refractivity contribution is -0.403. The quantitative estimate of drug-likeness (QED) is 0.332. The number of hydrogen-bond donors (Lipinski definition) is 0. The van der Waals surface area contributed by atoms with E-state index in [0.29, 0.717) is 5.52 Å². The second kappa shape index (κ2) is 8.29. The van der Waals surface area contributed by atoms with E-state index in [1.807, 2.05) is 19.1 Å². The van der Waals surface area contributed by atoms with E-state index in [0.717, 1.165) is 22.0 Å². The van der Waals surface area contributed by atoms with Crippen LogP contribution in [-0.2, 0) is 21.0 Å². The minimum absolute atomic E-state index is 0.0914. The van der Waals surface area contributed by atoms with Gasteiger partial charge in [-0.3, -0.25) is 14.3 Å². The summed E-state index contributed by atoms with van der Waals surface area (Å²) in [6.07, 6.45) is 0.819. The monoisotopic (exact) mass is 406 g/mol. The summed E-state index contributed by atoms with van der Waals surface area (Å²) in [4.78, 5) is 13.6. The molecule has 0 radical (unpaired) electrons. The highest BCUT2D eigenvalue weighted by Gasteiger charge is 2.20. The Morgan fingerprint density at radius 2 is 1.91 bits per heavy atom. The van der Waals surface area contributed by atoms with Crippen LogP contribution in [0.4, 0.5) is 5.69 Å². The van der Waals surface area contributed by atoms with E-state index < -0.39 is 10.4 Å². The third kappa shape index (κ3) is 5.82. The van der Waals surface area contributed by atoms with Crippen LogP contribution >= 0.6 is 15.9 Å². The van der Waals surface area contributed by atoms with Crippen LogP contribution in [0, 0.1) is 10.1 Å². The van der Waals surface area contributed by atoms with E-state index in [4.69, 9.17) is 0 Å². The Kier molecular flexibility index (Phi) is 7.01. The summed E-state index contributed by atoms with van der Waals surface area (Å²) in [7, 11) is -4.42. The fourth-order valence-electron chi connectivity index (χ4n) is 1.77. The number of benzene rings is 1. The van der Waals surface area contributed by atoms with Crippen molar-refractivity contribution in [3.63, 3.8) is 0 Å². The molecule has 1 aromatic heterocycles. The van der Waals surface area contributed by atoms with Crippen LogP contribution in [0.15, 0.2) is 28.7 Å². The third-order valence-corrected chi connectivity index (χ3v) is 3.96. The smallest absolute Gasteiger partial charge is 0.340 e.